The van der Waals surface area contributed by atoms with Crippen LogP contribution in [0.5, 0.6) is 0 Å². The quantitative estimate of drug-likeness (QED) is 0.0741. The lowest BCUT2D eigenvalue weighted by Crippen LogP contribution is -2.42. The van der Waals surface area contributed by atoms with Crippen LogP contribution in [0.3, 0.4) is 0 Å². The number of unbranched alkanes of at least 4 members (excludes halogenated alkanes) is 4. The van der Waals surface area contributed by atoms with Crippen molar-refractivity contribution in [2.75, 3.05) is 6.54 Å². The lowest BCUT2D eigenvalue weighted by atomic mass is 9.99. The molecule has 11 nitrogen and oxygen atoms in total. The molecule has 0 aliphatic heterocycles. The first-order valence-electron chi connectivity index (χ1n) is 22.2. The third kappa shape index (κ3) is 36.0. The van der Waals surface area contributed by atoms with E-state index in [0.29, 0.717) is 13.0 Å². The van der Waals surface area contributed by atoms with Crippen LogP contribution in [0, 0.1) is 0 Å². The van der Waals surface area contributed by atoms with Crippen molar-refractivity contribution in [1.29, 1.82) is 0 Å². The Balaban J connectivity index is 0. The monoisotopic (exact) mass is 806 g/mol. The Morgan fingerprint density at radius 3 is 1.33 bits per heavy atom. The van der Waals surface area contributed by atoms with Crippen LogP contribution in [0.2, 0.25) is 0 Å². The summed E-state index contributed by atoms with van der Waals surface area (Å²) >= 11 is 0. The molecule has 0 spiro atoms. The third-order valence-electron chi connectivity index (χ3n) is 10.4. The van der Waals surface area contributed by atoms with Gasteiger partial charge in [0, 0.05) is 6.42 Å². The van der Waals surface area contributed by atoms with Crippen molar-refractivity contribution < 1.29 is 38.9 Å². The highest BCUT2D eigenvalue weighted by Crippen LogP contribution is 2.21. The minimum Gasteiger partial charge on any atom is -0.481 e. The highest BCUT2D eigenvalue weighted by Gasteiger charge is 2.25. The maximum Gasteiger partial charge on any atom is 0.405 e. The van der Waals surface area contributed by atoms with Gasteiger partial charge in [-0.3, -0.25) is 9.59 Å². The number of aliphatic carboxylic acids is 1. The van der Waals surface area contributed by atoms with Gasteiger partial charge in [0.15, 0.2) is 0 Å². The SMILES string of the molecule is CCCCC(N)C(=O)OC1CCCCCCCCCCC1.CCCCC(NC(=O)O)C(=O)OC1CCCCCCCCCCC1.Cl.NCCCCCC(=O)O. The molecule has 0 heterocycles. The molecule has 2 aliphatic rings. The molecule has 1 amide bonds. The molecule has 7 N–H and O–H groups in total. The van der Waals surface area contributed by atoms with E-state index in [1.807, 2.05) is 6.92 Å². The van der Waals surface area contributed by atoms with Crippen molar-refractivity contribution in [2.24, 2.45) is 11.5 Å². The number of hydrogen-bond acceptors (Lipinski definition) is 8. The topological polar surface area (TPSA) is 191 Å². The molecule has 2 fully saturated rings. The normalized spacial score (nSPS) is 18.1. The van der Waals surface area contributed by atoms with E-state index in [4.69, 9.17) is 31.2 Å². The molecule has 0 bridgehead atoms. The average Bonchev–Trinajstić information content (AvgIpc) is 3.13. The molecular formula is C43H84ClN3O8. The van der Waals surface area contributed by atoms with Gasteiger partial charge in [0.25, 0.3) is 0 Å². The van der Waals surface area contributed by atoms with Crippen LogP contribution in [-0.2, 0) is 23.9 Å². The van der Waals surface area contributed by atoms with Crippen molar-refractivity contribution in [3.05, 3.63) is 0 Å². The number of carboxylic acids is 1. The van der Waals surface area contributed by atoms with E-state index in [-0.39, 0.29) is 37.0 Å². The summed E-state index contributed by atoms with van der Waals surface area (Å²) in [5, 5.41) is 19.4. The van der Waals surface area contributed by atoms with Crippen molar-refractivity contribution in [2.45, 2.75) is 244 Å². The van der Waals surface area contributed by atoms with E-state index in [1.165, 1.54) is 103 Å². The van der Waals surface area contributed by atoms with Gasteiger partial charge >= 0.3 is 24.0 Å². The molecule has 2 saturated carbocycles. The van der Waals surface area contributed by atoms with Gasteiger partial charge in [0.1, 0.15) is 24.3 Å². The molecule has 0 radical (unpaired) electrons. The molecule has 0 aromatic rings. The number of carbonyl (C=O) groups excluding carboxylic acids is 2. The Morgan fingerprint density at radius 1 is 0.582 bits per heavy atom. The minimum absolute atomic E-state index is 0. The van der Waals surface area contributed by atoms with Crippen LogP contribution in [0.15, 0.2) is 0 Å². The number of carboxylic acid groups (broad SMARTS) is 2. The molecule has 2 aliphatic carbocycles. The zero-order chi connectivity index (χ0) is 40.1. The van der Waals surface area contributed by atoms with E-state index >= 15 is 0 Å². The van der Waals surface area contributed by atoms with Crippen LogP contribution in [0.1, 0.15) is 219 Å². The van der Waals surface area contributed by atoms with Gasteiger partial charge in [0.2, 0.25) is 0 Å². The fourth-order valence-electron chi connectivity index (χ4n) is 6.93. The minimum atomic E-state index is -1.16. The zero-order valence-electron chi connectivity index (χ0n) is 35.1. The van der Waals surface area contributed by atoms with Gasteiger partial charge in [-0.25, -0.2) is 9.59 Å². The van der Waals surface area contributed by atoms with E-state index in [2.05, 4.69) is 12.2 Å². The second kappa shape index (κ2) is 40.1. The first kappa shape index (κ1) is 55.0. The Morgan fingerprint density at radius 2 is 0.964 bits per heavy atom. The van der Waals surface area contributed by atoms with Crippen molar-refractivity contribution in [1.82, 2.24) is 5.32 Å². The third-order valence-corrected chi connectivity index (χ3v) is 10.4. The summed E-state index contributed by atoms with van der Waals surface area (Å²) in [5.74, 6) is -1.30. The summed E-state index contributed by atoms with van der Waals surface area (Å²) in [6.45, 7) is 4.81. The van der Waals surface area contributed by atoms with Crippen LogP contribution >= 0.6 is 12.4 Å². The molecule has 55 heavy (non-hydrogen) atoms. The predicted molar refractivity (Wildman–Crippen MR) is 226 cm³/mol. The van der Waals surface area contributed by atoms with E-state index in [1.54, 1.807) is 0 Å². The summed E-state index contributed by atoms with van der Waals surface area (Å²) in [7, 11) is 0. The lowest BCUT2D eigenvalue weighted by Gasteiger charge is -2.22. The predicted octanol–water partition coefficient (Wildman–Crippen LogP) is 10.8. The van der Waals surface area contributed by atoms with Crippen LogP contribution in [-0.4, -0.2) is 65.1 Å². The number of ether oxygens (including phenoxy) is 2. The Labute approximate surface area is 341 Å². The van der Waals surface area contributed by atoms with Gasteiger partial charge in [0.05, 0.1) is 0 Å². The molecule has 2 atom stereocenters. The highest BCUT2D eigenvalue weighted by atomic mass is 35.5. The summed E-state index contributed by atoms with van der Waals surface area (Å²) in [6.07, 6.45) is 33.5. The molecule has 2 unspecified atom stereocenters. The number of hydrogen-bond donors (Lipinski definition) is 5. The van der Waals surface area contributed by atoms with E-state index in [9.17, 15) is 19.2 Å². The van der Waals surface area contributed by atoms with Gasteiger partial charge in [-0.15, -0.1) is 12.4 Å². The standard InChI is InChI=1S/C19H35NO4.C18H35NO2.C6H13NO2.ClH/c1-2-3-15-17(20-19(22)23)18(21)24-16-13-11-9-7-5-4-6-8-10-12-14-16;1-2-3-15-17(19)18(20)21-16-13-11-9-7-5-4-6-8-10-12-14-16;7-5-3-1-2-4-6(8)9;/h16-17,20H,2-15H2,1H3,(H,22,23);16-17H,2-15,19H2,1H3;1-5,7H2,(H,8,9);1H. The first-order valence-corrected chi connectivity index (χ1v) is 22.2. The summed E-state index contributed by atoms with van der Waals surface area (Å²) < 4.78 is 11.4. The maximum atomic E-state index is 12.4. The number of carbonyl (C=O) groups is 4. The molecule has 12 heteroatoms. The summed E-state index contributed by atoms with van der Waals surface area (Å²) in [5.41, 5.74) is 11.1. The second-order valence-electron chi connectivity index (χ2n) is 15.5. The van der Waals surface area contributed by atoms with Crippen molar-refractivity contribution in [3.8, 4) is 0 Å². The number of rotatable bonds is 16. The van der Waals surface area contributed by atoms with Gasteiger partial charge in [-0.1, -0.05) is 136 Å². The lowest BCUT2D eigenvalue weighted by molar-refractivity contribution is -0.153. The molecule has 0 aromatic carbocycles. The fourth-order valence-corrected chi connectivity index (χ4v) is 6.93. The zero-order valence-corrected chi connectivity index (χ0v) is 35.9. The largest absolute Gasteiger partial charge is 0.481 e. The molecule has 2 rings (SSSR count). The number of nitrogens with two attached hydrogens (primary N) is 2. The van der Waals surface area contributed by atoms with Crippen molar-refractivity contribution >= 4 is 36.4 Å². The number of esters is 2. The number of amides is 1. The highest BCUT2D eigenvalue weighted by molar-refractivity contribution is 5.85. The van der Waals surface area contributed by atoms with Crippen LogP contribution in [0.25, 0.3) is 0 Å². The molecule has 0 aromatic heterocycles. The van der Waals surface area contributed by atoms with E-state index in [0.717, 1.165) is 89.9 Å². The maximum absolute atomic E-state index is 12.4. The van der Waals surface area contributed by atoms with Crippen LogP contribution in [0.4, 0.5) is 4.79 Å². The van der Waals surface area contributed by atoms with Crippen molar-refractivity contribution in [3.63, 3.8) is 0 Å². The van der Waals surface area contributed by atoms with E-state index < -0.39 is 30.1 Å². The molecular weight excluding hydrogens is 722 g/mol. The molecule has 0 saturated heterocycles. The molecule has 326 valence electrons. The smallest absolute Gasteiger partial charge is 0.405 e. The van der Waals surface area contributed by atoms with Gasteiger partial charge in [-0.05, 0) is 83.6 Å². The fraction of sp³-hybridized carbons (Fsp3) is 0.907. The second-order valence-corrected chi connectivity index (χ2v) is 15.5. The number of nitrogens with one attached hydrogen (secondary N) is 1. The summed E-state index contributed by atoms with van der Waals surface area (Å²) in [6, 6.07) is -1.16. The Hall–Kier alpha value is -2.11. The van der Waals surface area contributed by atoms with Crippen LogP contribution < -0.4 is 16.8 Å². The van der Waals surface area contributed by atoms with Gasteiger partial charge in [-0.2, -0.15) is 0 Å². The first-order chi connectivity index (χ1) is 26.1. The van der Waals surface area contributed by atoms with Gasteiger partial charge < -0.3 is 36.5 Å². The number of halogens is 1. The Bertz CT molecular complexity index is 904. The Kier molecular flexibility index (Phi) is 40.1. The average molecular weight is 807 g/mol. The summed E-state index contributed by atoms with van der Waals surface area (Å²) in [4.78, 5) is 45.3.